The van der Waals surface area contributed by atoms with Crippen molar-refractivity contribution in [2.75, 3.05) is 18.4 Å². The number of amides is 1. The highest BCUT2D eigenvalue weighted by molar-refractivity contribution is 5.88. The number of rotatable bonds is 5. The van der Waals surface area contributed by atoms with E-state index in [1.165, 1.54) is 12.5 Å². The standard InChI is InChI=1S/C19H22N2O3/c1-14(22)20-16-7-9-17(10-8-16)24-19-13-21(12-18(19)23)11-15-5-3-2-4-6-15/h2-10,18-19,23H,11-13H2,1H3,(H,20,22). The van der Waals surface area contributed by atoms with Crippen LogP contribution in [0.1, 0.15) is 12.5 Å². The van der Waals surface area contributed by atoms with Gasteiger partial charge in [-0.3, -0.25) is 9.69 Å². The summed E-state index contributed by atoms with van der Waals surface area (Å²) < 4.78 is 5.91. The molecule has 2 unspecified atom stereocenters. The van der Waals surface area contributed by atoms with Crippen molar-refractivity contribution in [2.24, 2.45) is 0 Å². The Bertz CT molecular complexity index is 673. The Labute approximate surface area is 141 Å². The number of anilines is 1. The molecule has 1 fully saturated rings. The van der Waals surface area contributed by atoms with Gasteiger partial charge in [0.2, 0.25) is 5.91 Å². The summed E-state index contributed by atoms with van der Waals surface area (Å²) in [5, 5.41) is 13.0. The van der Waals surface area contributed by atoms with Crippen molar-refractivity contribution in [3.63, 3.8) is 0 Å². The van der Waals surface area contributed by atoms with Crippen LogP contribution >= 0.6 is 0 Å². The van der Waals surface area contributed by atoms with Crippen LogP contribution in [-0.2, 0) is 11.3 Å². The Balaban J connectivity index is 1.56. The third-order valence-electron chi connectivity index (χ3n) is 4.02. The number of hydrogen-bond acceptors (Lipinski definition) is 4. The van der Waals surface area contributed by atoms with Crippen LogP contribution in [0.3, 0.4) is 0 Å². The highest BCUT2D eigenvalue weighted by atomic mass is 16.5. The molecule has 0 bridgehead atoms. The zero-order chi connectivity index (χ0) is 16.9. The molecule has 24 heavy (non-hydrogen) atoms. The van der Waals surface area contributed by atoms with Gasteiger partial charge < -0.3 is 15.2 Å². The number of β-amino-alcohol motifs (C(OH)–C–C–N with tert-alkyl or cyclic N) is 1. The molecule has 1 amide bonds. The summed E-state index contributed by atoms with van der Waals surface area (Å²) in [6.07, 6.45) is -0.760. The summed E-state index contributed by atoms with van der Waals surface area (Å²) in [7, 11) is 0. The van der Waals surface area contributed by atoms with E-state index in [4.69, 9.17) is 4.74 Å². The summed E-state index contributed by atoms with van der Waals surface area (Å²) in [5.41, 5.74) is 1.96. The van der Waals surface area contributed by atoms with Gasteiger partial charge in [0, 0.05) is 32.2 Å². The molecule has 2 aromatic carbocycles. The second-order valence-electron chi connectivity index (χ2n) is 6.11. The molecule has 2 atom stereocenters. The van der Waals surface area contributed by atoms with Gasteiger partial charge in [0.1, 0.15) is 18.0 Å². The summed E-state index contributed by atoms with van der Waals surface area (Å²) in [5.74, 6) is 0.584. The third kappa shape index (κ3) is 4.34. The van der Waals surface area contributed by atoms with Crippen molar-refractivity contribution < 1.29 is 14.6 Å². The molecule has 3 rings (SSSR count). The number of likely N-dealkylation sites (tertiary alicyclic amines) is 1. The van der Waals surface area contributed by atoms with Gasteiger partial charge in [-0.15, -0.1) is 0 Å². The first-order valence-electron chi connectivity index (χ1n) is 8.09. The first-order valence-corrected chi connectivity index (χ1v) is 8.09. The number of carbonyl (C=O) groups excluding carboxylic acids is 1. The van der Waals surface area contributed by atoms with Gasteiger partial charge >= 0.3 is 0 Å². The van der Waals surface area contributed by atoms with Gasteiger partial charge in [0.05, 0.1) is 0 Å². The van der Waals surface area contributed by atoms with Crippen LogP contribution in [-0.4, -0.2) is 41.2 Å². The largest absolute Gasteiger partial charge is 0.486 e. The van der Waals surface area contributed by atoms with E-state index in [0.717, 1.165) is 12.2 Å². The SMILES string of the molecule is CC(=O)Nc1ccc(OC2CN(Cc3ccccc3)CC2O)cc1. The zero-order valence-electron chi connectivity index (χ0n) is 13.7. The van der Waals surface area contributed by atoms with Crippen molar-refractivity contribution in [1.29, 1.82) is 0 Å². The number of nitrogens with zero attached hydrogens (tertiary/aromatic N) is 1. The quantitative estimate of drug-likeness (QED) is 0.885. The maximum atomic E-state index is 11.0. The van der Waals surface area contributed by atoms with Crippen LogP contribution in [0, 0.1) is 0 Å². The lowest BCUT2D eigenvalue weighted by Gasteiger charge is -2.17. The fourth-order valence-electron chi connectivity index (χ4n) is 2.91. The highest BCUT2D eigenvalue weighted by Gasteiger charge is 2.32. The summed E-state index contributed by atoms with van der Waals surface area (Å²) >= 11 is 0. The third-order valence-corrected chi connectivity index (χ3v) is 4.02. The van der Waals surface area contributed by atoms with Crippen LogP contribution in [0.15, 0.2) is 54.6 Å². The fourth-order valence-corrected chi connectivity index (χ4v) is 2.91. The normalized spacial score (nSPS) is 20.8. The number of ether oxygens (including phenoxy) is 1. The second kappa shape index (κ2) is 7.47. The molecular weight excluding hydrogens is 304 g/mol. The maximum Gasteiger partial charge on any atom is 0.221 e. The van der Waals surface area contributed by atoms with Crippen molar-refractivity contribution in [2.45, 2.75) is 25.7 Å². The lowest BCUT2D eigenvalue weighted by Crippen LogP contribution is -2.29. The van der Waals surface area contributed by atoms with Gasteiger partial charge in [0.25, 0.3) is 0 Å². The summed E-state index contributed by atoms with van der Waals surface area (Å²) in [6, 6.07) is 17.4. The zero-order valence-corrected chi connectivity index (χ0v) is 13.7. The first-order chi connectivity index (χ1) is 11.6. The Morgan fingerprint density at radius 2 is 1.88 bits per heavy atom. The van der Waals surface area contributed by atoms with E-state index in [1.807, 2.05) is 18.2 Å². The van der Waals surface area contributed by atoms with E-state index in [2.05, 4.69) is 22.3 Å². The van der Waals surface area contributed by atoms with E-state index >= 15 is 0 Å². The lowest BCUT2D eigenvalue weighted by molar-refractivity contribution is -0.114. The molecular formula is C19H22N2O3. The summed E-state index contributed by atoms with van der Waals surface area (Å²) in [6.45, 7) is 3.56. The lowest BCUT2D eigenvalue weighted by atomic mass is 10.2. The van der Waals surface area contributed by atoms with E-state index in [9.17, 15) is 9.90 Å². The molecule has 0 spiro atoms. The molecule has 1 saturated heterocycles. The van der Waals surface area contributed by atoms with Gasteiger partial charge in [-0.2, -0.15) is 0 Å². The predicted molar refractivity (Wildman–Crippen MR) is 92.9 cm³/mol. The molecule has 1 aliphatic heterocycles. The van der Waals surface area contributed by atoms with Crippen LogP contribution in [0.5, 0.6) is 5.75 Å². The molecule has 5 heteroatoms. The second-order valence-corrected chi connectivity index (χ2v) is 6.11. The molecule has 2 N–H and O–H groups in total. The van der Waals surface area contributed by atoms with Gasteiger partial charge in [-0.05, 0) is 29.8 Å². The van der Waals surface area contributed by atoms with Crippen molar-refractivity contribution in [3.8, 4) is 5.75 Å². The minimum Gasteiger partial charge on any atom is -0.486 e. The Morgan fingerprint density at radius 3 is 2.54 bits per heavy atom. The molecule has 0 aliphatic carbocycles. The number of benzene rings is 2. The van der Waals surface area contributed by atoms with Crippen LogP contribution in [0.25, 0.3) is 0 Å². The Morgan fingerprint density at radius 1 is 1.17 bits per heavy atom. The van der Waals surface area contributed by atoms with Crippen LogP contribution in [0.4, 0.5) is 5.69 Å². The molecule has 0 saturated carbocycles. The Kier molecular flexibility index (Phi) is 5.13. The van der Waals surface area contributed by atoms with Gasteiger partial charge in [0.15, 0.2) is 0 Å². The first kappa shape index (κ1) is 16.5. The van der Waals surface area contributed by atoms with E-state index in [0.29, 0.717) is 18.8 Å². The summed E-state index contributed by atoms with van der Waals surface area (Å²) in [4.78, 5) is 13.2. The van der Waals surface area contributed by atoms with Crippen molar-refractivity contribution in [1.82, 2.24) is 4.90 Å². The average molecular weight is 326 g/mol. The number of hydrogen-bond donors (Lipinski definition) is 2. The maximum absolute atomic E-state index is 11.0. The average Bonchev–Trinajstić information content (AvgIpc) is 2.89. The van der Waals surface area contributed by atoms with E-state index in [1.54, 1.807) is 24.3 Å². The smallest absolute Gasteiger partial charge is 0.221 e. The number of nitrogens with one attached hydrogen (secondary N) is 1. The minimum absolute atomic E-state index is 0.105. The number of aliphatic hydroxyl groups excluding tert-OH is 1. The Hall–Kier alpha value is -2.37. The fraction of sp³-hybridized carbons (Fsp3) is 0.316. The van der Waals surface area contributed by atoms with E-state index < -0.39 is 6.10 Å². The molecule has 1 aliphatic rings. The van der Waals surface area contributed by atoms with E-state index in [-0.39, 0.29) is 12.0 Å². The molecule has 126 valence electrons. The minimum atomic E-state index is -0.510. The number of aliphatic hydroxyl groups is 1. The topological polar surface area (TPSA) is 61.8 Å². The predicted octanol–water partition coefficient (Wildman–Crippen LogP) is 2.27. The van der Waals surface area contributed by atoms with Crippen LogP contribution < -0.4 is 10.1 Å². The molecule has 1 heterocycles. The van der Waals surface area contributed by atoms with Crippen molar-refractivity contribution in [3.05, 3.63) is 60.2 Å². The van der Waals surface area contributed by atoms with Crippen LogP contribution in [0.2, 0.25) is 0 Å². The highest BCUT2D eigenvalue weighted by Crippen LogP contribution is 2.22. The van der Waals surface area contributed by atoms with Gasteiger partial charge in [-0.1, -0.05) is 30.3 Å². The van der Waals surface area contributed by atoms with Crippen molar-refractivity contribution >= 4 is 11.6 Å². The molecule has 0 radical (unpaired) electrons. The molecule has 5 nitrogen and oxygen atoms in total. The number of carbonyl (C=O) groups is 1. The van der Waals surface area contributed by atoms with Gasteiger partial charge in [-0.25, -0.2) is 0 Å². The molecule has 2 aromatic rings. The molecule has 0 aromatic heterocycles. The monoisotopic (exact) mass is 326 g/mol.